The van der Waals surface area contributed by atoms with Crippen LogP contribution in [0.25, 0.3) is 0 Å². The smallest absolute Gasteiger partial charge is 0.0547 e. The van der Waals surface area contributed by atoms with Crippen LogP contribution in [0.1, 0.15) is 52.9 Å². The Morgan fingerprint density at radius 3 is 2.84 bits per heavy atom. The van der Waals surface area contributed by atoms with E-state index < -0.39 is 0 Å². The Bertz CT molecular complexity index is 261. The molecule has 19 heavy (non-hydrogen) atoms. The minimum Gasteiger partial charge on any atom is -0.381 e. The molecule has 2 rings (SSSR count). The minimum absolute atomic E-state index is 0.350. The Morgan fingerprint density at radius 1 is 1.32 bits per heavy atom. The number of hydrogen-bond acceptors (Lipinski definition) is 3. The lowest BCUT2D eigenvalue weighted by Gasteiger charge is -2.37. The largest absolute Gasteiger partial charge is 0.381 e. The van der Waals surface area contributed by atoms with E-state index >= 15 is 0 Å². The van der Waals surface area contributed by atoms with Crippen LogP contribution in [0.15, 0.2) is 0 Å². The highest BCUT2D eigenvalue weighted by atomic mass is 16.5. The fourth-order valence-corrected chi connectivity index (χ4v) is 3.39. The Morgan fingerprint density at radius 2 is 2.16 bits per heavy atom. The highest BCUT2D eigenvalue weighted by Gasteiger charge is 2.37. The Kier molecular flexibility index (Phi) is 5.67. The molecule has 0 aliphatic carbocycles. The molecule has 112 valence electrons. The third-order valence-corrected chi connectivity index (χ3v) is 4.80. The van der Waals surface area contributed by atoms with Gasteiger partial charge in [-0.3, -0.25) is 4.90 Å². The molecule has 0 aromatic heterocycles. The first-order valence-corrected chi connectivity index (χ1v) is 8.16. The van der Waals surface area contributed by atoms with Gasteiger partial charge in [0.1, 0.15) is 0 Å². The fraction of sp³-hybridized carbons (Fsp3) is 1.00. The summed E-state index contributed by atoms with van der Waals surface area (Å²) in [6.07, 6.45) is 6.78. The summed E-state index contributed by atoms with van der Waals surface area (Å²) in [5, 5.41) is 3.64. The van der Waals surface area contributed by atoms with Gasteiger partial charge < -0.3 is 10.1 Å². The van der Waals surface area contributed by atoms with E-state index in [-0.39, 0.29) is 0 Å². The number of hydrogen-bond donors (Lipinski definition) is 1. The fourth-order valence-electron chi connectivity index (χ4n) is 3.39. The van der Waals surface area contributed by atoms with Crippen molar-refractivity contribution in [3.8, 4) is 0 Å². The molecule has 2 unspecified atom stereocenters. The maximum Gasteiger partial charge on any atom is 0.0547 e. The molecule has 2 heterocycles. The van der Waals surface area contributed by atoms with Gasteiger partial charge in [-0.15, -0.1) is 0 Å². The lowest BCUT2D eigenvalue weighted by molar-refractivity contribution is 0.0890. The van der Waals surface area contributed by atoms with Gasteiger partial charge in [-0.05, 0) is 32.7 Å². The molecule has 1 N–H and O–H groups in total. The zero-order valence-electron chi connectivity index (χ0n) is 13.1. The molecule has 2 saturated heterocycles. The summed E-state index contributed by atoms with van der Waals surface area (Å²) >= 11 is 0. The van der Waals surface area contributed by atoms with E-state index in [0.29, 0.717) is 11.5 Å². The number of ether oxygens (including phenoxy) is 1. The van der Waals surface area contributed by atoms with Gasteiger partial charge >= 0.3 is 0 Å². The van der Waals surface area contributed by atoms with Crippen LogP contribution in [0.3, 0.4) is 0 Å². The summed E-state index contributed by atoms with van der Waals surface area (Å²) < 4.78 is 5.73. The molecule has 0 spiro atoms. The van der Waals surface area contributed by atoms with Crippen LogP contribution in [0, 0.1) is 5.41 Å². The Hall–Kier alpha value is -0.120. The van der Waals surface area contributed by atoms with Crippen molar-refractivity contribution in [3.05, 3.63) is 0 Å². The summed E-state index contributed by atoms with van der Waals surface area (Å²) in [6, 6.07) is 1.32. The lowest BCUT2D eigenvalue weighted by Crippen LogP contribution is -2.48. The van der Waals surface area contributed by atoms with Crippen molar-refractivity contribution in [2.75, 3.05) is 32.8 Å². The molecular formula is C16H32N2O. The maximum absolute atomic E-state index is 5.73. The predicted octanol–water partition coefficient (Wildman–Crippen LogP) is 2.66. The highest BCUT2D eigenvalue weighted by molar-refractivity contribution is 4.90. The first kappa shape index (κ1) is 15.3. The van der Waals surface area contributed by atoms with E-state index in [1.165, 1.54) is 45.2 Å². The van der Waals surface area contributed by atoms with Crippen LogP contribution in [0.4, 0.5) is 0 Å². The third kappa shape index (κ3) is 4.44. The van der Waals surface area contributed by atoms with E-state index in [4.69, 9.17) is 4.74 Å². The van der Waals surface area contributed by atoms with Crippen molar-refractivity contribution in [1.29, 1.82) is 0 Å². The number of nitrogens with one attached hydrogen (secondary N) is 1. The molecule has 0 amide bonds. The molecule has 0 radical (unpaired) electrons. The van der Waals surface area contributed by atoms with Crippen molar-refractivity contribution >= 4 is 0 Å². The van der Waals surface area contributed by atoms with Gasteiger partial charge in [0.2, 0.25) is 0 Å². The molecule has 2 aliphatic heterocycles. The highest BCUT2D eigenvalue weighted by Crippen LogP contribution is 2.31. The van der Waals surface area contributed by atoms with Crippen molar-refractivity contribution in [2.45, 2.75) is 65.0 Å². The third-order valence-electron chi connectivity index (χ3n) is 4.80. The van der Waals surface area contributed by atoms with Crippen molar-refractivity contribution in [2.24, 2.45) is 5.41 Å². The van der Waals surface area contributed by atoms with Gasteiger partial charge in [0.25, 0.3) is 0 Å². The van der Waals surface area contributed by atoms with Crippen LogP contribution >= 0.6 is 0 Å². The Labute approximate surface area is 119 Å². The molecule has 0 aromatic carbocycles. The molecule has 3 nitrogen and oxygen atoms in total. The zero-order valence-corrected chi connectivity index (χ0v) is 13.1. The molecule has 2 atom stereocenters. The van der Waals surface area contributed by atoms with Crippen molar-refractivity contribution in [1.82, 2.24) is 10.2 Å². The van der Waals surface area contributed by atoms with Crippen LogP contribution in [0.5, 0.6) is 0 Å². The summed E-state index contributed by atoms with van der Waals surface area (Å²) in [5.41, 5.74) is 0.350. The quantitative estimate of drug-likeness (QED) is 0.829. The predicted molar refractivity (Wildman–Crippen MR) is 80.5 cm³/mol. The standard InChI is InChI=1S/C16H32N2O/c1-14(2)17-11-16(8-10-19-13-16)12-18-9-6-4-5-7-15(18)3/h14-15,17H,4-13H2,1-3H3. The summed E-state index contributed by atoms with van der Waals surface area (Å²) in [4.78, 5) is 2.73. The molecule has 0 bridgehead atoms. The molecule has 0 aromatic rings. The second kappa shape index (κ2) is 7.05. The van der Waals surface area contributed by atoms with E-state index in [1.54, 1.807) is 0 Å². The van der Waals surface area contributed by atoms with Gasteiger partial charge in [0.15, 0.2) is 0 Å². The molecule has 0 saturated carbocycles. The van der Waals surface area contributed by atoms with Crippen molar-refractivity contribution in [3.63, 3.8) is 0 Å². The van der Waals surface area contributed by atoms with Crippen LogP contribution in [0.2, 0.25) is 0 Å². The number of rotatable bonds is 5. The molecule has 3 heteroatoms. The van der Waals surface area contributed by atoms with Crippen LogP contribution < -0.4 is 5.32 Å². The van der Waals surface area contributed by atoms with Crippen LogP contribution in [-0.2, 0) is 4.74 Å². The summed E-state index contributed by atoms with van der Waals surface area (Å²) in [7, 11) is 0. The molecular weight excluding hydrogens is 236 g/mol. The van der Waals surface area contributed by atoms with E-state index in [0.717, 1.165) is 25.8 Å². The Balaban J connectivity index is 1.94. The SMILES string of the molecule is CC(C)NCC1(CN2CCCCCC2C)CCOC1. The molecule has 2 fully saturated rings. The van der Waals surface area contributed by atoms with Crippen LogP contribution in [-0.4, -0.2) is 49.8 Å². The number of likely N-dealkylation sites (tertiary alicyclic amines) is 1. The average Bonchev–Trinajstić information content (AvgIpc) is 2.74. The van der Waals surface area contributed by atoms with E-state index in [1.807, 2.05) is 0 Å². The van der Waals surface area contributed by atoms with Crippen molar-refractivity contribution < 1.29 is 4.74 Å². The van der Waals surface area contributed by atoms with Gasteiger partial charge in [-0.2, -0.15) is 0 Å². The van der Waals surface area contributed by atoms with E-state index in [2.05, 4.69) is 31.0 Å². The topological polar surface area (TPSA) is 24.5 Å². The monoisotopic (exact) mass is 268 g/mol. The van der Waals surface area contributed by atoms with Gasteiger partial charge in [0, 0.05) is 37.2 Å². The van der Waals surface area contributed by atoms with Gasteiger partial charge in [0.05, 0.1) is 6.61 Å². The summed E-state index contributed by atoms with van der Waals surface area (Å²) in [5.74, 6) is 0. The second-order valence-electron chi connectivity index (χ2n) is 7.01. The first-order chi connectivity index (χ1) is 9.11. The van der Waals surface area contributed by atoms with E-state index in [9.17, 15) is 0 Å². The normalized spacial score (nSPS) is 33.8. The average molecular weight is 268 g/mol. The maximum atomic E-state index is 5.73. The molecule has 2 aliphatic rings. The second-order valence-corrected chi connectivity index (χ2v) is 7.01. The zero-order chi connectivity index (χ0) is 13.7. The van der Waals surface area contributed by atoms with Gasteiger partial charge in [-0.25, -0.2) is 0 Å². The van der Waals surface area contributed by atoms with Gasteiger partial charge in [-0.1, -0.05) is 26.7 Å². The first-order valence-electron chi connectivity index (χ1n) is 8.16. The minimum atomic E-state index is 0.350. The summed E-state index contributed by atoms with van der Waals surface area (Å²) in [6.45, 7) is 12.4. The lowest BCUT2D eigenvalue weighted by atomic mass is 9.85. The number of nitrogens with zero attached hydrogens (tertiary/aromatic N) is 1.